The van der Waals surface area contributed by atoms with Crippen molar-refractivity contribution < 1.29 is 9.53 Å². The largest absolute Gasteiger partial charge is 0.427 e. The van der Waals surface area contributed by atoms with Gasteiger partial charge in [0.15, 0.2) is 0 Å². The maximum atomic E-state index is 11.0. The molecule has 2 aromatic carbocycles. The molecule has 0 unspecified atom stereocenters. The van der Waals surface area contributed by atoms with Crippen molar-refractivity contribution in [3.05, 3.63) is 72.1 Å². The van der Waals surface area contributed by atoms with Crippen LogP contribution >= 0.6 is 0 Å². The Hall–Kier alpha value is -3.21. The van der Waals surface area contributed by atoms with E-state index in [1.54, 1.807) is 18.3 Å². The zero-order valence-corrected chi connectivity index (χ0v) is 13.3. The molecule has 0 spiro atoms. The molecule has 3 rings (SSSR count). The molecule has 3 aromatic rings. The van der Waals surface area contributed by atoms with Crippen molar-refractivity contribution in [2.45, 2.75) is 13.3 Å². The Labute approximate surface area is 140 Å². The highest BCUT2D eigenvalue weighted by Gasteiger charge is 2.08. The molecule has 1 heterocycles. The molecule has 1 aromatic heterocycles. The highest BCUT2D eigenvalue weighted by atomic mass is 16.5. The van der Waals surface area contributed by atoms with E-state index in [4.69, 9.17) is 10.5 Å². The molecule has 0 saturated heterocycles. The number of esters is 1. The minimum atomic E-state index is -0.347. The lowest BCUT2D eigenvalue weighted by atomic mass is 10.1. The van der Waals surface area contributed by atoms with E-state index in [0.29, 0.717) is 18.0 Å². The molecule has 0 aliphatic carbocycles. The fourth-order valence-corrected chi connectivity index (χ4v) is 2.35. The van der Waals surface area contributed by atoms with Gasteiger partial charge in [0.1, 0.15) is 11.6 Å². The van der Waals surface area contributed by atoms with Crippen LogP contribution in [0.5, 0.6) is 5.75 Å². The summed E-state index contributed by atoms with van der Waals surface area (Å²) in [5.41, 5.74) is 9.44. The second-order valence-electron chi connectivity index (χ2n) is 5.37. The van der Waals surface area contributed by atoms with Crippen LogP contribution < -0.4 is 10.5 Å². The Bertz CT molecular complexity index is 846. The van der Waals surface area contributed by atoms with Gasteiger partial charge in [0.2, 0.25) is 0 Å². The summed E-state index contributed by atoms with van der Waals surface area (Å²) in [6.07, 6.45) is 2.27. The Balaban J connectivity index is 1.86. The summed E-state index contributed by atoms with van der Waals surface area (Å²) < 4.78 is 5.03. The number of aromatic nitrogens is 2. The average molecular weight is 319 g/mol. The Morgan fingerprint density at radius 2 is 1.79 bits per heavy atom. The van der Waals surface area contributed by atoms with Gasteiger partial charge >= 0.3 is 5.97 Å². The van der Waals surface area contributed by atoms with Crippen LogP contribution in [0.3, 0.4) is 0 Å². The highest BCUT2D eigenvalue weighted by molar-refractivity contribution is 5.70. The molecular weight excluding hydrogens is 302 g/mol. The van der Waals surface area contributed by atoms with Crippen molar-refractivity contribution >= 4 is 11.8 Å². The van der Waals surface area contributed by atoms with Crippen LogP contribution in [0.4, 0.5) is 5.82 Å². The number of nitrogens with two attached hydrogens (primary N) is 1. The van der Waals surface area contributed by atoms with E-state index >= 15 is 0 Å². The summed E-state index contributed by atoms with van der Waals surface area (Å²) in [4.78, 5) is 19.9. The second-order valence-corrected chi connectivity index (χ2v) is 5.37. The van der Waals surface area contributed by atoms with Gasteiger partial charge < -0.3 is 10.5 Å². The minimum Gasteiger partial charge on any atom is -0.427 e. The minimum absolute atomic E-state index is 0.347. The van der Waals surface area contributed by atoms with Crippen molar-refractivity contribution in [2.24, 2.45) is 0 Å². The first-order valence-electron chi connectivity index (χ1n) is 7.56. The van der Waals surface area contributed by atoms with Gasteiger partial charge in [0, 0.05) is 18.9 Å². The molecule has 0 fully saturated rings. The van der Waals surface area contributed by atoms with Crippen LogP contribution in [0, 0.1) is 0 Å². The molecule has 24 heavy (non-hydrogen) atoms. The fourth-order valence-electron chi connectivity index (χ4n) is 2.35. The van der Waals surface area contributed by atoms with Gasteiger partial charge in [-0.15, -0.1) is 0 Å². The van der Waals surface area contributed by atoms with Gasteiger partial charge in [-0.25, -0.2) is 9.97 Å². The maximum Gasteiger partial charge on any atom is 0.308 e. The first kappa shape index (κ1) is 15.7. The van der Waals surface area contributed by atoms with Crippen molar-refractivity contribution in [1.82, 2.24) is 9.97 Å². The molecular formula is C19H17N3O2. The van der Waals surface area contributed by atoms with Crippen molar-refractivity contribution in [2.75, 3.05) is 5.73 Å². The second kappa shape index (κ2) is 6.91. The lowest BCUT2D eigenvalue weighted by Gasteiger charge is -2.08. The Morgan fingerprint density at radius 3 is 2.46 bits per heavy atom. The number of carbonyl (C=O) groups is 1. The van der Waals surface area contributed by atoms with Crippen molar-refractivity contribution in [3.8, 4) is 17.0 Å². The number of nitrogens with zero attached hydrogens (tertiary/aromatic N) is 2. The molecule has 0 aliphatic rings. The first-order valence-corrected chi connectivity index (χ1v) is 7.56. The fraction of sp³-hybridized carbons (Fsp3) is 0.105. The van der Waals surface area contributed by atoms with Crippen LogP contribution in [0.15, 0.2) is 60.8 Å². The number of hydrogen-bond acceptors (Lipinski definition) is 5. The summed E-state index contributed by atoms with van der Waals surface area (Å²) >= 11 is 0. The number of rotatable bonds is 4. The van der Waals surface area contributed by atoms with Crippen molar-refractivity contribution in [3.63, 3.8) is 0 Å². The molecule has 0 radical (unpaired) electrons. The number of ether oxygens (including phenoxy) is 1. The molecule has 5 nitrogen and oxygen atoms in total. The smallest absolute Gasteiger partial charge is 0.308 e. The number of anilines is 1. The van der Waals surface area contributed by atoms with E-state index < -0.39 is 0 Å². The number of nitrogen functional groups attached to an aromatic ring is 1. The zero-order chi connectivity index (χ0) is 16.9. The predicted octanol–water partition coefficient (Wildman–Crippen LogP) is 3.24. The van der Waals surface area contributed by atoms with Gasteiger partial charge in [-0.05, 0) is 29.8 Å². The Kier molecular flexibility index (Phi) is 4.52. The molecule has 0 bridgehead atoms. The summed E-state index contributed by atoms with van der Waals surface area (Å²) in [5.74, 6) is 0.582. The summed E-state index contributed by atoms with van der Waals surface area (Å²) in [6.45, 7) is 1.37. The van der Waals surface area contributed by atoms with Crippen LogP contribution in [-0.4, -0.2) is 15.9 Å². The average Bonchev–Trinajstić information content (AvgIpc) is 2.58. The Morgan fingerprint density at radius 1 is 1.08 bits per heavy atom. The molecule has 120 valence electrons. The summed E-state index contributed by atoms with van der Waals surface area (Å²) in [6, 6.07) is 17.1. The van der Waals surface area contributed by atoms with Gasteiger partial charge in [0.05, 0.1) is 17.6 Å². The number of carbonyl (C=O) groups excluding carboxylic acids is 1. The third kappa shape index (κ3) is 3.76. The van der Waals surface area contributed by atoms with E-state index in [9.17, 15) is 4.79 Å². The van der Waals surface area contributed by atoms with Crippen molar-refractivity contribution in [1.29, 1.82) is 0 Å². The number of hydrogen-bond donors (Lipinski definition) is 1. The van der Waals surface area contributed by atoms with E-state index in [2.05, 4.69) is 9.97 Å². The molecule has 0 aliphatic heterocycles. The lowest BCUT2D eigenvalue weighted by Crippen LogP contribution is -2.03. The summed E-state index contributed by atoms with van der Waals surface area (Å²) in [7, 11) is 0. The molecule has 5 heteroatoms. The molecule has 0 amide bonds. The highest BCUT2D eigenvalue weighted by Crippen LogP contribution is 2.22. The van der Waals surface area contributed by atoms with Gasteiger partial charge in [-0.2, -0.15) is 0 Å². The van der Waals surface area contributed by atoms with E-state index in [1.807, 2.05) is 42.5 Å². The normalized spacial score (nSPS) is 10.4. The van der Waals surface area contributed by atoms with Gasteiger partial charge in [0.25, 0.3) is 0 Å². The molecule has 0 saturated carbocycles. The number of benzene rings is 2. The van der Waals surface area contributed by atoms with Crippen LogP contribution in [0.2, 0.25) is 0 Å². The van der Waals surface area contributed by atoms with Crippen LogP contribution in [0.25, 0.3) is 11.3 Å². The quantitative estimate of drug-likeness (QED) is 0.590. The topological polar surface area (TPSA) is 78.1 Å². The SMILES string of the molecule is CC(=O)Oc1ccc(-c2cnc(N)c(Cc3ccccc3)n2)cc1. The third-order valence-electron chi connectivity index (χ3n) is 3.50. The molecule has 0 atom stereocenters. The molecule has 2 N–H and O–H groups in total. The van der Waals surface area contributed by atoms with Crippen LogP contribution in [-0.2, 0) is 11.2 Å². The van der Waals surface area contributed by atoms with E-state index in [1.165, 1.54) is 6.92 Å². The predicted molar refractivity (Wildman–Crippen MR) is 92.4 cm³/mol. The summed E-state index contributed by atoms with van der Waals surface area (Å²) in [5, 5.41) is 0. The zero-order valence-electron chi connectivity index (χ0n) is 13.3. The first-order chi connectivity index (χ1) is 11.6. The maximum absolute atomic E-state index is 11.0. The lowest BCUT2D eigenvalue weighted by molar-refractivity contribution is -0.131. The standard InChI is InChI=1S/C19H17N3O2/c1-13(23)24-16-9-7-15(8-10-16)18-12-21-19(20)17(22-18)11-14-5-3-2-4-6-14/h2-10,12H,11H2,1H3,(H2,20,21). The monoisotopic (exact) mass is 319 g/mol. The van der Waals surface area contributed by atoms with E-state index in [0.717, 1.165) is 22.5 Å². The van der Waals surface area contributed by atoms with E-state index in [-0.39, 0.29) is 5.97 Å². The third-order valence-corrected chi connectivity index (χ3v) is 3.50. The van der Waals surface area contributed by atoms with Gasteiger partial charge in [-0.1, -0.05) is 30.3 Å². The van der Waals surface area contributed by atoms with Gasteiger partial charge in [-0.3, -0.25) is 4.79 Å². The van der Waals surface area contributed by atoms with Crippen LogP contribution in [0.1, 0.15) is 18.2 Å².